The number of nitrogens with zero attached hydrogens (tertiary/aromatic N) is 3. The van der Waals surface area contributed by atoms with Crippen LogP contribution in [0, 0.1) is 6.92 Å². The molecule has 1 amide bonds. The Morgan fingerprint density at radius 3 is 2.53 bits per heavy atom. The van der Waals surface area contributed by atoms with E-state index in [0.717, 1.165) is 5.56 Å². The summed E-state index contributed by atoms with van der Waals surface area (Å²) in [7, 11) is -0.330. The van der Waals surface area contributed by atoms with E-state index in [2.05, 4.69) is 15.5 Å². The molecule has 0 spiro atoms. The number of carbonyl (C=O) groups excluding carboxylic acids is 1. The summed E-state index contributed by atoms with van der Waals surface area (Å²) < 4.78 is 32.1. The monoisotopic (exact) mass is 446 g/mol. The summed E-state index contributed by atoms with van der Waals surface area (Å²) in [6.07, 6.45) is 0. The van der Waals surface area contributed by atoms with Crippen molar-refractivity contribution < 1.29 is 17.9 Å². The van der Waals surface area contributed by atoms with Crippen LogP contribution in [0.2, 0.25) is 0 Å². The largest absolute Gasteiger partial charge is 0.495 e. The van der Waals surface area contributed by atoms with E-state index in [-0.39, 0.29) is 22.3 Å². The van der Waals surface area contributed by atoms with Crippen LogP contribution in [0.15, 0.2) is 58.6 Å². The van der Waals surface area contributed by atoms with Gasteiger partial charge in [0, 0.05) is 7.05 Å². The number of hydrogen-bond acceptors (Lipinski definition) is 7. The van der Waals surface area contributed by atoms with Crippen LogP contribution in [0.25, 0.3) is 0 Å². The van der Waals surface area contributed by atoms with E-state index < -0.39 is 9.84 Å². The molecule has 3 rings (SSSR count). The number of amides is 1. The quantitative estimate of drug-likeness (QED) is 0.531. The number of rotatable bonds is 8. The van der Waals surface area contributed by atoms with Crippen LogP contribution in [0.3, 0.4) is 0 Å². The van der Waals surface area contributed by atoms with Gasteiger partial charge in [0.1, 0.15) is 17.3 Å². The molecule has 0 aliphatic heterocycles. The van der Waals surface area contributed by atoms with E-state index in [9.17, 15) is 13.2 Å². The fourth-order valence-corrected chi connectivity index (χ4v) is 4.70. The number of ether oxygens (including phenoxy) is 1. The number of para-hydroxylation sites is 2. The summed E-state index contributed by atoms with van der Waals surface area (Å²) in [6.45, 7) is 1.90. The lowest BCUT2D eigenvalue weighted by atomic mass is 10.2. The average Bonchev–Trinajstić information content (AvgIpc) is 3.06. The number of nitrogens with one attached hydrogen (secondary N) is 1. The van der Waals surface area contributed by atoms with E-state index >= 15 is 0 Å². The molecule has 0 aliphatic carbocycles. The van der Waals surface area contributed by atoms with Gasteiger partial charge in [-0.3, -0.25) is 4.79 Å². The third-order valence-electron chi connectivity index (χ3n) is 4.34. The van der Waals surface area contributed by atoms with Crippen molar-refractivity contribution >= 4 is 33.2 Å². The van der Waals surface area contributed by atoms with Gasteiger partial charge in [0.25, 0.3) is 0 Å². The summed E-state index contributed by atoms with van der Waals surface area (Å²) in [5, 5.41) is 11.3. The first kappa shape index (κ1) is 21.8. The average molecular weight is 447 g/mol. The van der Waals surface area contributed by atoms with Crippen molar-refractivity contribution in [2.45, 2.75) is 22.7 Å². The molecule has 1 heterocycles. The number of sulfone groups is 1. The summed E-state index contributed by atoms with van der Waals surface area (Å²) in [6, 6.07) is 13.8. The highest BCUT2D eigenvalue weighted by molar-refractivity contribution is 7.99. The summed E-state index contributed by atoms with van der Waals surface area (Å²) in [5.41, 5.74) is 1.56. The number of carbonyl (C=O) groups is 1. The fourth-order valence-electron chi connectivity index (χ4n) is 2.66. The molecular formula is C20H22N4O4S2. The maximum absolute atomic E-state index is 12.6. The molecule has 0 bridgehead atoms. The van der Waals surface area contributed by atoms with Crippen LogP contribution in [0.5, 0.6) is 5.75 Å². The van der Waals surface area contributed by atoms with Crippen LogP contribution in [0.1, 0.15) is 11.4 Å². The third-order valence-corrected chi connectivity index (χ3v) is 6.99. The molecule has 0 atom stereocenters. The lowest BCUT2D eigenvalue weighted by Gasteiger charge is -2.09. The zero-order chi connectivity index (χ0) is 21.7. The van der Waals surface area contributed by atoms with Gasteiger partial charge >= 0.3 is 0 Å². The van der Waals surface area contributed by atoms with Crippen LogP contribution >= 0.6 is 11.8 Å². The first-order valence-electron chi connectivity index (χ1n) is 9.03. The SMILES string of the molecule is COc1ccccc1NC(=O)CSc1nnc(CS(=O)(=O)c2ccc(C)cc2)n1C. The molecule has 2 aromatic carbocycles. The second kappa shape index (κ2) is 9.31. The minimum absolute atomic E-state index is 0.0920. The van der Waals surface area contributed by atoms with Crippen molar-refractivity contribution in [3.8, 4) is 5.75 Å². The minimum atomic E-state index is -3.54. The van der Waals surface area contributed by atoms with Gasteiger partial charge in [-0.2, -0.15) is 0 Å². The predicted molar refractivity (Wildman–Crippen MR) is 115 cm³/mol. The van der Waals surface area contributed by atoms with Crippen molar-refractivity contribution in [2.24, 2.45) is 7.05 Å². The first-order chi connectivity index (χ1) is 14.3. The third kappa shape index (κ3) is 5.19. The molecule has 0 saturated carbocycles. The smallest absolute Gasteiger partial charge is 0.234 e. The molecule has 0 radical (unpaired) electrons. The van der Waals surface area contributed by atoms with Crippen molar-refractivity contribution in [1.82, 2.24) is 14.8 Å². The molecular weight excluding hydrogens is 424 g/mol. The zero-order valence-corrected chi connectivity index (χ0v) is 18.5. The highest BCUT2D eigenvalue weighted by Gasteiger charge is 2.20. The Labute approximate surface area is 179 Å². The van der Waals surface area contributed by atoms with Crippen molar-refractivity contribution in [2.75, 3.05) is 18.2 Å². The predicted octanol–water partition coefficient (Wildman–Crippen LogP) is 2.84. The summed E-state index contributed by atoms with van der Waals surface area (Å²) in [4.78, 5) is 12.5. The van der Waals surface area contributed by atoms with E-state index in [1.807, 2.05) is 13.0 Å². The molecule has 0 unspecified atom stereocenters. The van der Waals surface area contributed by atoms with Crippen LogP contribution in [-0.2, 0) is 27.4 Å². The van der Waals surface area contributed by atoms with Gasteiger partial charge in [0.15, 0.2) is 15.0 Å². The van der Waals surface area contributed by atoms with Crippen molar-refractivity contribution in [3.05, 3.63) is 59.9 Å². The van der Waals surface area contributed by atoms with E-state index in [1.54, 1.807) is 54.1 Å². The molecule has 0 fully saturated rings. The van der Waals surface area contributed by atoms with E-state index in [0.29, 0.717) is 22.4 Å². The molecule has 3 aromatic rings. The second-order valence-electron chi connectivity index (χ2n) is 6.57. The zero-order valence-electron chi connectivity index (χ0n) is 16.8. The number of aromatic nitrogens is 3. The van der Waals surface area contributed by atoms with Crippen LogP contribution in [0.4, 0.5) is 5.69 Å². The number of benzene rings is 2. The van der Waals surface area contributed by atoms with Crippen molar-refractivity contribution in [3.63, 3.8) is 0 Å². The topological polar surface area (TPSA) is 103 Å². The van der Waals surface area contributed by atoms with Crippen LogP contribution in [-0.4, -0.2) is 42.0 Å². The number of methoxy groups -OCH3 is 1. The van der Waals surface area contributed by atoms with Gasteiger partial charge in [-0.25, -0.2) is 8.42 Å². The van der Waals surface area contributed by atoms with Gasteiger partial charge in [-0.05, 0) is 31.2 Å². The fraction of sp³-hybridized carbons (Fsp3) is 0.250. The Morgan fingerprint density at radius 1 is 1.13 bits per heavy atom. The molecule has 10 heteroatoms. The van der Waals surface area contributed by atoms with E-state index in [1.165, 1.54) is 18.9 Å². The van der Waals surface area contributed by atoms with Crippen LogP contribution < -0.4 is 10.1 Å². The molecule has 30 heavy (non-hydrogen) atoms. The number of thioether (sulfide) groups is 1. The highest BCUT2D eigenvalue weighted by atomic mass is 32.2. The van der Waals surface area contributed by atoms with Crippen molar-refractivity contribution in [1.29, 1.82) is 0 Å². The van der Waals surface area contributed by atoms with Gasteiger partial charge in [0.2, 0.25) is 5.91 Å². The Balaban J connectivity index is 1.64. The molecule has 8 nitrogen and oxygen atoms in total. The van der Waals surface area contributed by atoms with Gasteiger partial charge in [-0.1, -0.05) is 41.6 Å². The maximum atomic E-state index is 12.6. The number of anilines is 1. The van der Waals surface area contributed by atoms with Gasteiger partial charge in [0.05, 0.1) is 23.4 Å². The lowest BCUT2D eigenvalue weighted by Crippen LogP contribution is -2.15. The first-order valence-corrected chi connectivity index (χ1v) is 11.7. The Bertz CT molecular complexity index is 1140. The Kier molecular flexibility index (Phi) is 6.78. The molecule has 158 valence electrons. The van der Waals surface area contributed by atoms with Gasteiger partial charge in [-0.15, -0.1) is 10.2 Å². The normalized spacial score (nSPS) is 11.3. The summed E-state index contributed by atoms with van der Waals surface area (Å²) >= 11 is 1.17. The Hall–Kier alpha value is -2.85. The maximum Gasteiger partial charge on any atom is 0.234 e. The number of hydrogen-bond donors (Lipinski definition) is 1. The Morgan fingerprint density at radius 2 is 1.83 bits per heavy atom. The number of aryl methyl sites for hydroxylation is 1. The van der Waals surface area contributed by atoms with E-state index in [4.69, 9.17) is 4.74 Å². The summed E-state index contributed by atoms with van der Waals surface area (Å²) in [5.74, 6) is 0.463. The second-order valence-corrected chi connectivity index (χ2v) is 9.50. The standard InChI is InChI=1S/C20H22N4O4S2/c1-14-8-10-15(11-9-14)30(26,27)13-18-22-23-20(24(18)2)29-12-19(25)21-16-6-4-5-7-17(16)28-3/h4-11H,12-13H2,1-3H3,(H,21,25). The van der Waals surface area contributed by atoms with Gasteiger partial charge < -0.3 is 14.6 Å². The molecule has 1 N–H and O–H groups in total. The lowest BCUT2D eigenvalue weighted by molar-refractivity contribution is -0.113. The minimum Gasteiger partial charge on any atom is -0.495 e. The molecule has 0 saturated heterocycles. The molecule has 1 aromatic heterocycles. The highest BCUT2D eigenvalue weighted by Crippen LogP contribution is 2.24. The molecule has 0 aliphatic rings.